The first-order chi connectivity index (χ1) is 50.2. The number of hydrogen-bond donors (Lipinski definition) is 4. The van der Waals surface area contributed by atoms with Crippen LogP contribution in [0, 0.1) is 0 Å². The van der Waals surface area contributed by atoms with Gasteiger partial charge in [0.1, 0.15) is 25.4 Å². The fourth-order valence-corrected chi connectivity index (χ4v) is 11.8. The van der Waals surface area contributed by atoms with Gasteiger partial charge in [0, 0.05) is 19.3 Å². The maximum atomic E-state index is 13.0. The van der Waals surface area contributed by atoms with Crippen molar-refractivity contribution in [3.63, 3.8) is 0 Å². The smallest absolute Gasteiger partial charge is 0.463 e. The van der Waals surface area contributed by atoms with Crippen molar-refractivity contribution in [3.05, 3.63) is 158 Å². The Morgan fingerprint density at radius 1 is 0.282 bits per heavy atom. The minimum Gasteiger partial charge on any atom is -0.463 e. The number of carbonyl (C=O) groups is 3. The van der Waals surface area contributed by atoms with Gasteiger partial charge in [0.25, 0.3) is 0 Å². The lowest BCUT2D eigenvalue weighted by Gasteiger charge is -2.21. The molecule has 0 aliphatic heterocycles. The molecule has 5 unspecified atom stereocenters. The Bertz CT molecular complexity index is 2500. The first-order valence-electron chi connectivity index (χ1n) is 39.8. The number of phosphoric acid groups is 2. The highest BCUT2D eigenvalue weighted by atomic mass is 31.2. The van der Waals surface area contributed by atoms with Crippen LogP contribution in [0.5, 0.6) is 0 Å². The molecule has 0 rings (SSSR count). The standard InChI is InChI=1S/C85H142O16P2/c1-4-7-10-13-16-19-22-25-28-31-34-35-36-37-38-39-40-41-42-43-46-48-50-53-56-59-62-65-68-71-83(88)95-74-80(86)75-97-102(91,92)98-76-81(87)77-99-103(93,94)100-79-82(101-85(90)73-70-67-64-61-58-55-52-49-45-33-30-27-24-21-18-15-12-9-6-3)78-96-84(89)72-69-66-63-60-57-54-51-47-44-32-29-26-23-20-17-14-11-8-5-2/h8,11,16-21,25-30,34-35,37-38,44-45,47,49,54,57,63,66,80-82,86-87H,4-7,9-10,12-15,22-24,31-33,36,39-43,46,48,50-53,55-56,58-62,64-65,67-79H2,1-3H3,(H,91,92)(H,93,94)/b11-8-,19-16-,20-17-,21-18-,28-25-,29-26-,30-27-,35-34-,38-37-,47-44-,49-45-,57-54-,66-63-. The van der Waals surface area contributed by atoms with Gasteiger partial charge in [0.15, 0.2) is 6.10 Å². The monoisotopic (exact) mass is 1480 g/mol. The molecule has 0 heterocycles. The van der Waals surface area contributed by atoms with Gasteiger partial charge < -0.3 is 34.2 Å². The quantitative estimate of drug-likeness (QED) is 0.0146. The Kier molecular flexibility index (Phi) is 73.2. The van der Waals surface area contributed by atoms with Crippen LogP contribution in [0.15, 0.2) is 158 Å². The number of hydrogen-bond acceptors (Lipinski definition) is 14. The van der Waals surface area contributed by atoms with Crippen molar-refractivity contribution in [2.45, 2.75) is 322 Å². The summed E-state index contributed by atoms with van der Waals surface area (Å²) in [5.74, 6) is -1.69. The van der Waals surface area contributed by atoms with Crippen molar-refractivity contribution in [2.24, 2.45) is 0 Å². The van der Waals surface area contributed by atoms with Crippen molar-refractivity contribution in [3.8, 4) is 0 Å². The molecule has 0 saturated heterocycles. The zero-order valence-corrected chi connectivity index (χ0v) is 66.0. The largest absolute Gasteiger partial charge is 0.472 e. The number of phosphoric ester groups is 2. The number of rotatable bonds is 74. The highest BCUT2D eigenvalue weighted by Crippen LogP contribution is 2.45. The lowest BCUT2D eigenvalue weighted by atomic mass is 10.0. The maximum Gasteiger partial charge on any atom is 0.472 e. The molecule has 0 bridgehead atoms. The van der Waals surface area contributed by atoms with E-state index in [1.807, 2.05) is 18.2 Å². The Hall–Kier alpha value is -4.83. The Labute approximate surface area is 625 Å². The van der Waals surface area contributed by atoms with Crippen LogP contribution in [0.4, 0.5) is 0 Å². The summed E-state index contributed by atoms with van der Waals surface area (Å²) in [6.07, 6.45) is 95.9. The fourth-order valence-electron chi connectivity index (χ4n) is 10.2. The molecular formula is C85H142O16P2. The molecule has 0 aromatic rings. The summed E-state index contributed by atoms with van der Waals surface area (Å²) in [7, 11) is -9.83. The molecule has 0 aromatic carbocycles. The van der Waals surface area contributed by atoms with Crippen molar-refractivity contribution in [1.82, 2.24) is 0 Å². The molecule has 5 atom stereocenters. The van der Waals surface area contributed by atoms with E-state index in [-0.39, 0.29) is 19.3 Å². The minimum atomic E-state index is -4.96. The van der Waals surface area contributed by atoms with Gasteiger partial charge in [-0.3, -0.25) is 32.5 Å². The van der Waals surface area contributed by atoms with Gasteiger partial charge in [-0.15, -0.1) is 0 Å². The van der Waals surface area contributed by atoms with Crippen LogP contribution in [0.25, 0.3) is 0 Å². The molecule has 4 N–H and O–H groups in total. The van der Waals surface area contributed by atoms with Crippen LogP contribution in [-0.2, 0) is 55.8 Å². The second-order valence-electron chi connectivity index (χ2n) is 26.1. The zero-order valence-electron chi connectivity index (χ0n) is 64.2. The lowest BCUT2D eigenvalue weighted by Crippen LogP contribution is -2.30. The molecule has 0 radical (unpaired) electrons. The summed E-state index contributed by atoms with van der Waals surface area (Å²) >= 11 is 0. The molecule has 588 valence electrons. The van der Waals surface area contributed by atoms with Crippen molar-refractivity contribution in [2.75, 3.05) is 39.6 Å². The molecule has 103 heavy (non-hydrogen) atoms. The summed E-state index contributed by atoms with van der Waals surface area (Å²) in [4.78, 5) is 58.6. The number of unbranched alkanes of at least 4 members (excludes halogenated alkanes) is 25. The zero-order chi connectivity index (χ0) is 75.2. The highest BCUT2D eigenvalue weighted by Gasteiger charge is 2.29. The normalized spacial score (nSPS) is 14.8. The van der Waals surface area contributed by atoms with Gasteiger partial charge in [0.05, 0.1) is 26.4 Å². The number of ether oxygens (including phenoxy) is 3. The summed E-state index contributed by atoms with van der Waals surface area (Å²) < 4.78 is 61.1. The molecular weight excluding hydrogens is 1340 g/mol. The average molecular weight is 1480 g/mol. The van der Waals surface area contributed by atoms with Crippen molar-refractivity contribution in [1.29, 1.82) is 0 Å². The molecule has 0 aliphatic rings. The third-order valence-electron chi connectivity index (χ3n) is 16.2. The molecule has 0 fully saturated rings. The topological polar surface area (TPSA) is 231 Å². The number of aliphatic hydroxyl groups excluding tert-OH is 2. The summed E-state index contributed by atoms with van der Waals surface area (Å²) in [6, 6.07) is 0. The first kappa shape index (κ1) is 98.2. The number of esters is 3. The van der Waals surface area contributed by atoms with E-state index in [1.165, 1.54) is 103 Å². The third-order valence-corrected chi connectivity index (χ3v) is 18.1. The average Bonchev–Trinajstić information content (AvgIpc) is 0.939. The Balaban J connectivity index is 4.64. The molecule has 0 aromatic heterocycles. The van der Waals surface area contributed by atoms with Crippen LogP contribution in [-0.4, -0.2) is 95.9 Å². The molecule has 0 aliphatic carbocycles. The van der Waals surface area contributed by atoms with E-state index in [2.05, 4.69) is 161 Å². The predicted molar refractivity (Wildman–Crippen MR) is 426 cm³/mol. The molecule has 0 saturated carbocycles. The van der Waals surface area contributed by atoms with Crippen molar-refractivity contribution < 1.29 is 75.8 Å². The molecule has 0 spiro atoms. The Morgan fingerprint density at radius 3 is 0.874 bits per heavy atom. The third kappa shape index (κ3) is 78.1. The SMILES string of the molecule is CC/C=C\C/C=C\C/C=C\C/C=C\C/C=C\C/C=C\CCC(=O)OCC(COP(=O)(O)OCC(O)COP(=O)(O)OCC(O)COC(=O)CCCCCCCCCCCCCCC/C=C\C/C=C\C/C=C\C/C=C\CCCCC)OC(=O)CCCCCCCC/C=C\C/C=C\C/C=C\CCCCC. The number of carbonyl (C=O) groups excluding carboxylic acids is 3. The minimum absolute atomic E-state index is 0.0371. The molecule has 18 heteroatoms. The molecule has 0 amide bonds. The van der Waals surface area contributed by atoms with Gasteiger partial charge in [-0.25, -0.2) is 9.13 Å². The van der Waals surface area contributed by atoms with E-state index in [0.717, 1.165) is 135 Å². The van der Waals surface area contributed by atoms with E-state index in [0.29, 0.717) is 25.7 Å². The van der Waals surface area contributed by atoms with Gasteiger partial charge in [0.2, 0.25) is 0 Å². The summed E-state index contributed by atoms with van der Waals surface area (Å²) in [6.45, 7) is 2.40. The highest BCUT2D eigenvalue weighted by molar-refractivity contribution is 7.47. The second-order valence-corrected chi connectivity index (χ2v) is 29.0. The molecule has 16 nitrogen and oxygen atoms in total. The van der Waals surface area contributed by atoms with Crippen LogP contribution in [0.2, 0.25) is 0 Å². The predicted octanol–water partition coefficient (Wildman–Crippen LogP) is 23.4. The van der Waals surface area contributed by atoms with E-state index < -0.39 is 91.5 Å². The van der Waals surface area contributed by atoms with E-state index in [1.54, 1.807) is 0 Å². The van der Waals surface area contributed by atoms with Crippen LogP contribution < -0.4 is 0 Å². The van der Waals surface area contributed by atoms with Crippen LogP contribution in [0.1, 0.15) is 303 Å². The first-order valence-corrected chi connectivity index (χ1v) is 42.8. The van der Waals surface area contributed by atoms with E-state index in [4.69, 9.17) is 32.3 Å². The van der Waals surface area contributed by atoms with E-state index >= 15 is 0 Å². The fraction of sp³-hybridized carbons (Fsp3) is 0.659. The van der Waals surface area contributed by atoms with Gasteiger partial charge in [-0.2, -0.15) is 0 Å². The second kappa shape index (κ2) is 76.8. The summed E-state index contributed by atoms with van der Waals surface area (Å²) in [5, 5.41) is 20.6. The van der Waals surface area contributed by atoms with E-state index in [9.17, 15) is 43.5 Å². The van der Waals surface area contributed by atoms with Crippen LogP contribution in [0.3, 0.4) is 0 Å². The Morgan fingerprint density at radius 2 is 0.534 bits per heavy atom. The number of aliphatic hydroxyl groups is 2. The lowest BCUT2D eigenvalue weighted by molar-refractivity contribution is -0.161. The van der Waals surface area contributed by atoms with Gasteiger partial charge >= 0.3 is 33.6 Å². The van der Waals surface area contributed by atoms with Crippen LogP contribution >= 0.6 is 15.6 Å². The maximum absolute atomic E-state index is 13.0. The van der Waals surface area contributed by atoms with Crippen molar-refractivity contribution >= 4 is 33.6 Å². The number of allylic oxidation sites excluding steroid dienone is 26. The summed E-state index contributed by atoms with van der Waals surface area (Å²) in [5.41, 5.74) is 0. The van der Waals surface area contributed by atoms with Gasteiger partial charge in [-0.05, 0) is 141 Å². The van der Waals surface area contributed by atoms with Gasteiger partial charge in [-0.1, -0.05) is 301 Å².